The van der Waals surface area contributed by atoms with Gasteiger partial charge in [-0.1, -0.05) is 15.9 Å². The number of rotatable bonds is 1. The Morgan fingerprint density at radius 2 is 2.09 bits per heavy atom. The van der Waals surface area contributed by atoms with Crippen LogP contribution < -0.4 is 5.32 Å². The van der Waals surface area contributed by atoms with Crippen molar-refractivity contribution in [3.63, 3.8) is 0 Å². The summed E-state index contributed by atoms with van der Waals surface area (Å²) in [5, 5.41) is 2.84. The van der Waals surface area contributed by atoms with Crippen LogP contribution in [0.3, 0.4) is 0 Å². The molecule has 0 unspecified atom stereocenters. The van der Waals surface area contributed by atoms with Crippen molar-refractivity contribution in [2.24, 2.45) is 0 Å². The molecule has 0 saturated heterocycles. The Morgan fingerprint density at radius 1 is 1.23 bits per heavy atom. The van der Waals surface area contributed by atoms with E-state index in [-0.39, 0.29) is 11.9 Å². The smallest absolute Gasteiger partial charge is 0.339 e. The average Bonchev–Trinajstić information content (AvgIpc) is 3.03. The summed E-state index contributed by atoms with van der Waals surface area (Å²) in [6, 6.07) is 5.65. The lowest BCUT2D eigenvalue weighted by Gasteiger charge is -2.12. The summed E-state index contributed by atoms with van der Waals surface area (Å²) in [6.07, 6.45) is 4.08. The number of carbonyl (C=O) groups excluding carboxylic acids is 2. The molecule has 2 aromatic rings. The lowest BCUT2D eigenvalue weighted by molar-refractivity contribution is -0.110. The van der Waals surface area contributed by atoms with Crippen LogP contribution in [0.2, 0.25) is 0 Å². The van der Waals surface area contributed by atoms with Crippen LogP contribution in [0.25, 0.3) is 11.6 Å². The fourth-order valence-corrected chi connectivity index (χ4v) is 3.18. The molecule has 2 N–H and O–H groups in total. The first-order valence-corrected chi connectivity index (χ1v) is 7.63. The van der Waals surface area contributed by atoms with E-state index in [1.165, 1.54) is 0 Å². The molecule has 0 aliphatic carbocycles. The molecular formula is C16H11BrN2O3. The molecular weight excluding hydrogens is 348 g/mol. The highest BCUT2D eigenvalue weighted by Gasteiger charge is 2.27. The van der Waals surface area contributed by atoms with Crippen LogP contribution in [0.15, 0.2) is 28.9 Å². The molecule has 110 valence electrons. The lowest BCUT2D eigenvalue weighted by atomic mass is 10.0. The number of aromatic amines is 1. The van der Waals surface area contributed by atoms with Crippen LogP contribution in [-0.2, 0) is 16.0 Å². The largest absolute Gasteiger partial charge is 0.462 e. The molecule has 4 rings (SSSR count). The zero-order chi connectivity index (χ0) is 15.3. The average molecular weight is 359 g/mol. The van der Waals surface area contributed by atoms with Crippen molar-refractivity contribution in [1.82, 2.24) is 4.98 Å². The summed E-state index contributed by atoms with van der Waals surface area (Å²) < 4.78 is 5.92. The predicted octanol–water partition coefficient (Wildman–Crippen LogP) is 2.98. The number of amides is 1. The van der Waals surface area contributed by atoms with Gasteiger partial charge in [0.2, 0.25) is 0 Å². The molecule has 1 amide bonds. The number of cyclic esters (lactones) is 1. The molecule has 1 aromatic carbocycles. The number of fused-ring (bicyclic) bond motifs is 2. The van der Waals surface area contributed by atoms with Crippen molar-refractivity contribution in [3.8, 4) is 0 Å². The Balaban J connectivity index is 1.83. The van der Waals surface area contributed by atoms with Gasteiger partial charge in [-0.25, -0.2) is 4.79 Å². The topological polar surface area (TPSA) is 71.2 Å². The first kappa shape index (κ1) is 13.3. The van der Waals surface area contributed by atoms with E-state index in [1.54, 1.807) is 12.3 Å². The number of benzene rings is 1. The van der Waals surface area contributed by atoms with Gasteiger partial charge in [-0.15, -0.1) is 0 Å². The summed E-state index contributed by atoms with van der Waals surface area (Å²) in [5.74, 6) is -0.462. The SMILES string of the molecule is O=C1Nc2ccc(Br)cc2/C1=C/c1[nH]cc2c1CCOC2=O. The normalized spacial score (nSPS) is 18.0. The fraction of sp³-hybridized carbons (Fsp3) is 0.125. The van der Waals surface area contributed by atoms with E-state index in [1.807, 2.05) is 18.2 Å². The minimum Gasteiger partial charge on any atom is -0.462 e. The molecule has 3 heterocycles. The number of hydrogen-bond acceptors (Lipinski definition) is 3. The Labute approximate surface area is 134 Å². The summed E-state index contributed by atoms with van der Waals surface area (Å²) in [7, 11) is 0. The lowest BCUT2D eigenvalue weighted by Crippen LogP contribution is -2.16. The molecule has 0 spiro atoms. The Hall–Kier alpha value is -2.34. The van der Waals surface area contributed by atoms with E-state index in [9.17, 15) is 9.59 Å². The number of anilines is 1. The number of aromatic nitrogens is 1. The van der Waals surface area contributed by atoms with Gasteiger partial charge in [-0.05, 0) is 29.8 Å². The minimum atomic E-state index is -0.318. The van der Waals surface area contributed by atoms with Crippen LogP contribution in [0.5, 0.6) is 0 Å². The molecule has 2 aliphatic heterocycles. The maximum absolute atomic E-state index is 12.2. The zero-order valence-corrected chi connectivity index (χ0v) is 13.0. The first-order valence-electron chi connectivity index (χ1n) is 6.84. The van der Waals surface area contributed by atoms with E-state index in [0.717, 1.165) is 27.0 Å². The minimum absolute atomic E-state index is 0.144. The van der Waals surface area contributed by atoms with E-state index >= 15 is 0 Å². The van der Waals surface area contributed by atoms with E-state index in [4.69, 9.17) is 4.74 Å². The summed E-state index contributed by atoms with van der Waals surface area (Å²) in [4.78, 5) is 27.0. The van der Waals surface area contributed by atoms with Gasteiger partial charge in [-0.3, -0.25) is 4.79 Å². The molecule has 22 heavy (non-hydrogen) atoms. The second-order valence-electron chi connectivity index (χ2n) is 5.18. The van der Waals surface area contributed by atoms with E-state index < -0.39 is 0 Å². The molecule has 1 aromatic heterocycles. The van der Waals surface area contributed by atoms with Crippen molar-refractivity contribution in [2.45, 2.75) is 6.42 Å². The molecule has 5 nitrogen and oxygen atoms in total. The molecule has 0 radical (unpaired) electrons. The third-order valence-electron chi connectivity index (χ3n) is 3.88. The van der Waals surface area contributed by atoms with Gasteiger partial charge in [0.1, 0.15) is 0 Å². The Bertz CT molecular complexity index is 851. The van der Waals surface area contributed by atoms with Crippen LogP contribution in [0.4, 0.5) is 5.69 Å². The standard InChI is InChI=1S/C16H11BrN2O3/c17-8-1-2-13-10(5-8)11(15(20)19-13)6-14-9-3-4-22-16(21)12(9)7-18-14/h1-2,5-7,18H,3-4H2,(H,19,20)/b11-6-. The molecule has 0 fully saturated rings. The van der Waals surface area contributed by atoms with Gasteiger partial charge in [0, 0.05) is 34.0 Å². The highest BCUT2D eigenvalue weighted by Crippen LogP contribution is 2.35. The number of H-pyrrole nitrogens is 1. The number of halogens is 1. The van der Waals surface area contributed by atoms with Gasteiger partial charge in [-0.2, -0.15) is 0 Å². The van der Waals surface area contributed by atoms with Gasteiger partial charge in [0.05, 0.1) is 17.7 Å². The van der Waals surface area contributed by atoms with Crippen molar-refractivity contribution >= 4 is 45.1 Å². The van der Waals surface area contributed by atoms with Crippen LogP contribution in [0.1, 0.15) is 27.2 Å². The number of ether oxygens (including phenoxy) is 1. The van der Waals surface area contributed by atoms with Gasteiger partial charge in [0.15, 0.2) is 0 Å². The quantitative estimate of drug-likeness (QED) is 0.608. The summed E-state index contributed by atoms with van der Waals surface area (Å²) in [5.41, 5.74) is 4.45. The van der Waals surface area contributed by atoms with Crippen molar-refractivity contribution in [2.75, 3.05) is 11.9 Å². The van der Waals surface area contributed by atoms with Crippen LogP contribution >= 0.6 is 15.9 Å². The molecule has 0 atom stereocenters. The van der Waals surface area contributed by atoms with Gasteiger partial charge < -0.3 is 15.0 Å². The first-order chi connectivity index (χ1) is 10.6. The number of esters is 1. The van der Waals surface area contributed by atoms with Crippen molar-refractivity contribution in [1.29, 1.82) is 0 Å². The van der Waals surface area contributed by atoms with Gasteiger partial charge in [0.25, 0.3) is 5.91 Å². The highest BCUT2D eigenvalue weighted by molar-refractivity contribution is 9.10. The number of nitrogens with one attached hydrogen (secondary N) is 2. The Kier molecular flexibility index (Phi) is 2.94. The summed E-state index contributed by atoms with van der Waals surface area (Å²) in [6.45, 7) is 0.369. The predicted molar refractivity (Wildman–Crippen MR) is 85.4 cm³/mol. The molecule has 6 heteroatoms. The molecule has 0 bridgehead atoms. The van der Waals surface area contributed by atoms with E-state index in [2.05, 4.69) is 26.2 Å². The monoisotopic (exact) mass is 358 g/mol. The second kappa shape index (κ2) is 4.84. The molecule has 0 saturated carbocycles. The molecule has 2 aliphatic rings. The number of carbonyl (C=O) groups is 2. The van der Waals surface area contributed by atoms with E-state index in [0.29, 0.717) is 24.2 Å². The second-order valence-corrected chi connectivity index (χ2v) is 6.10. The fourth-order valence-electron chi connectivity index (χ4n) is 2.82. The highest BCUT2D eigenvalue weighted by atomic mass is 79.9. The maximum Gasteiger partial charge on any atom is 0.339 e. The summed E-state index contributed by atoms with van der Waals surface area (Å²) >= 11 is 3.42. The maximum atomic E-state index is 12.2. The van der Waals surface area contributed by atoms with Crippen LogP contribution in [0, 0.1) is 0 Å². The third-order valence-corrected chi connectivity index (χ3v) is 4.37. The third kappa shape index (κ3) is 1.99. The Morgan fingerprint density at radius 3 is 2.95 bits per heavy atom. The van der Waals surface area contributed by atoms with Crippen molar-refractivity contribution < 1.29 is 14.3 Å². The zero-order valence-electron chi connectivity index (χ0n) is 11.4. The van der Waals surface area contributed by atoms with Gasteiger partial charge >= 0.3 is 5.97 Å². The van der Waals surface area contributed by atoms with Crippen LogP contribution in [-0.4, -0.2) is 23.5 Å². The number of hydrogen-bond donors (Lipinski definition) is 2. The van der Waals surface area contributed by atoms with Crippen molar-refractivity contribution in [3.05, 3.63) is 51.3 Å².